The van der Waals surface area contributed by atoms with Gasteiger partial charge in [-0.3, -0.25) is 0 Å². The molecule has 224 valence electrons. The van der Waals surface area contributed by atoms with E-state index in [4.69, 9.17) is 24.5 Å². The number of carbonyl (C=O) groups is 1. The maximum absolute atomic E-state index is 12.6. The molecule has 2 bridgehead atoms. The summed E-state index contributed by atoms with van der Waals surface area (Å²) in [4.78, 5) is 25.1. The number of aliphatic hydroxyl groups excluding tert-OH is 1. The van der Waals surface area contributed by atoms with E-state index in [1.165, 1.54) is 0 Å². The fourth-order valence-corrected chi connectivity index (χ4v) is 6.55. The first kappa shape index (κ1) is 27.8. The molecular formula is C32H37N7O4. The van der Waals surface area contributed by atoms with Crippen LogP contribution in [0, 0.1) is 0 Å². The van der Waals surface area contributed by atoms with Crippen LogP contribution in [0.2, 0.25) is 0 Å². The molecule has 2 aliphatic heterocycles. The van der Waals surface area contributed by atoms with Crippen molar-refractivity contribution in [1.82, 2.24) is 19.7 Å². The van der Waals surface area contributed by atoms with E-state index in [1.54, 1.807) is 31.4 Å². The van der Waals surface area contributed by atoms with Crippen LogP contribution in [0.1, 0.15) is 50.1 Å². The van der Waals surface area contributed by atoms with E-state index in [-0.39, 0.29) is 30.9 Å². The SMILES string of the molecule is COC1CCC(n2ncc3c(N4CC5CCC(C4)O5)nc(-c4ccc(NC(=O)Nc5ccc(CO)cc5)cc4)nc32)CC1. The number of amides is 2. The van der Waals surface area contributed by atoms with E-state index in [0.717, 1.165) is 79.6 Å². The number of nitrogens with one attached hydrogen (secondary N) is 2. The summed E-state index contributed by atoms with van der Waals surface area (Å²) in [6, 6.07) is 14.6. The number of benzene rings is 2. The molecule has 11 nitrogen and oxygen atoms in total. The third-order valence-electron chi connectivity index (χ3n) is 8.90. The predicted molar refractivity (Wildman–Crippen MR) is 164 cm³/mol. The second-order valence-corrected chi connectivity index (χ2v) is 11.7. The van der Waals surface area contributed by atoms with E-state index in [2.05, 4.69) is 20.2 Å². The number of nitrogens with zero attached hydrogens (tertiary/aromatic N) is 5. The average Bonchev–Trinajstić information content (AvgIpc) is 3.63. The van der Waals surface area contributed by atoms with Gasteiger partial charge in [-0.05, 0) is 80.5 Å². The summed E-state index contributed by atoms with van der Waals surface area (Å²) in [5.41, 5.74) is 3.80. The Bertz CT molecular complexity index is 1570. The van der Waals surface area contributed by atoms with Crippen LogP contribution in [0.4, 0.5) is 22.0 Å². The minimum atomic E-state index is -0.349. The maximum Gasteiger partial charge on any atom is 0.323 e. The van der Waals surface area contributed by atoms with Crippen LogP contribution in [0.5, 0.6) is 0 Å². The summed E-state index contributed by atoms with van der Waals surface area (Å²) in [6.07, 6.45) is 8.89. The topological polar surface area (TPSA) is 127 Å². The van der Waals surface area contributed by atoms with Crippen molar-refractivity contribution in [3.63, 3.8) is 0 Å². The summed E-state index contributed by atoms with van der Waals surface area (Å²) in [6.45, 7) is 1.59. The van der Waals surface area contributed by atoms with Gasteiger partial charge in [-0.2, -0.15) is 5.10 Å². The number of urea groups is 1. The number of fused-ring (bicyclic) bond motifs is 3. The Labute approximate surface area is 250 Å². The quantitative estimate of drug-likeness (QED) is 0.273. The summed E-state index contributed by atoms with van der Waals surface area (Å²) >= 11 is 0. The minimum Gasteiger partial charge on any atom is -0.392 e. The number of carbonyl (C=O) groups excluding carboxylic acids is 1. The molecule has 0 radical (unpaired) electrons. The van der Waals surface area contributed by atoms with Crippen LogP contribution in [0.3, 0.4) is 0 Å². The Kier molecular flexibility index (Phi) is 7.69. The standard InChI is InChI=1S/C32H37N7O4/c1-42-25-12-10-24(11-13-25)39-31-28(16-33-39)30(38-17-26-14-15-27(18-38)43-26)36-29(37-31)21-4-8-23(9-5-21)35-32(41)34-22-6-2-20(19-40)3-7-22/h2-9,16,24-27,40H,10-15,17-19H2,1H3,(H2,34,35,41). The second-order valence-electron chi connectivity index (χ2n) is 11.7. The molecule has 2 atom stereocenters. The lowest BCUT2D eigenvalue weighted by Gasteiger charge is -2.33. The lowest BCUT2D eigenvalue weighted by Crippen LogP contribution is -2.43. The monoisotopic (exact) mass is 583 g/mol. The summed E-state index contributed by atoms with van der Waals surface area (Å²) in [7, 11) is 1.79. The number of hydrogen-bond acceptors (Lipinski definition) is 8. The highest BCUT2D eigenvalue weighted by molar-refractivity contribution is 5.99. The number of ether oxygens (including phenoxy) is 2. The van der Waals surface area contributed by atoms with Crippen LogP contribution in [0.25, 0.3) is 22.4 Å². The first-order valence-electron chi connectivity index (χ1n) is 15.1. The smallest absolute Gasteiger partial charge is 0.323 e. The number of morpholine rings is 1. The Balaban J connectivity index is 1.16. The number of aliphatic hydroxyl groups is 1. The first-order valence-corrected chi connectivity index (χ1v) is 15.1. The third kappa shape index (κ3) is 5.80. The van der Waals surface area contributed by atoms with Gasteiger partial charge >= 0.3 is 6.03 Å². The van der Waals surface area contributed by atoms with Crippen LogP contribution >= 0.6 is 0 Å². The van der Waals surface area contributed by atoms with E-state index >= 15 is 0 Å². The molecule has 2 aromatic heterocycles. The lowest BCUT2D eigenvalue weighted by molar-refractivity contribution is 0.0303. The molecule has 1 aliphatic carbocycles. The molecule has 43 heavy (non-hydrogen) atoms. The zero-order valence-corrected chi connectivity index (χ0v) is 24.3. The van der Waals surface area contributed by atoms with Crippen molar-refractivity contribution in [1.29, 1.82) is 0 Å². The number of aromatic nitrogens is 4. The molecule has 2 aromatic carbocycles. The van der Waals surface area contributed by atoms with Gasteiger partial charge in [0.1, 0.15) is 5.82 Å². The molecule has 4 heterocycles. The second kappa shape index (κ2) is 11.9. The van der Waals surface area contributed by atoms with Gasteiger partial charge in [0.25, 0.3) is 0 Å². The molecule has 2 unspecified atom stereocenters. The fourth-order valence-electron chi connectivity index (χ4n) is 6.55. The molecule has 3 aliphatic rings. The molecule has 4 aromatic rings. The van der Waals surface area contributed by atoms with E-state index in [1.807, 2.05) is 30.5 Å². The highest BCUT2D eigenvalue weighted by Crippen LogP contribution is 2.37. The molecule has 1 saturated carbocycles. The van der Waals surface area contributed by atoms with Gasteiger partial charge in [-0.15, -0.1) is 0 Å². The zero-order valence-electron chi connectivity index (χ0n) is 24.3. The number of hydrogen-bond donors (Lipinski definition) is 3. The molecule has 2 amide bonds. The van der Waals surface area contributed by atoms with Crippen LogP contribution < -0.4 is 15.5 Å². The van der Waals surface area contributed by atoms with Gasteiger partial charge in [0, 0.05) is 37.1 Å². The van der Waals surface area contributed by atoms with Crippen molar-refractivity contribution in [3.8, 4) is 11.4 Å². The Morgan fingerprint density at radius 3 is 2.21 bits per heavy atom. The Morgan fingerprint density at radius 2 is 1.58 bits per heavy atom. The van der Waals surface area contributed by atoms with Crippen molar-refractivity contribution >= 4 is 34.3 Å². The predicted octanol–water partition coefficient (Wildman–Crippen LogP) is 5.13. The van der Waals surface area contributed by atoms with E-state index < -0.39 is 0 Å². The highest BCUT2D eigenvalue weighted by atomic mass is 16.5. The molecule has 2 saturated heterocycles. The van der Waals surface area contributed by atoms with Crippen LogP contribution in [-0.2, 0) is 16.1 Å². The Hall–Kier alpha value is -4.06. The van der Waals surface area contributed by atoms with Crippen molar-refractivity contribution in [2.24, 2.45) is 0 Å². The van der Waals surface area contributed by atoms with Crippen molar-refractivity contribution in [2.45, 2.75) is 69.5 Å². The average molecular weight is 584 g/mol. The molecule has 11 heteroatoms. The fraction of sp³-hybridized carbons (Fsp3) is 0.438. The van der Waals surface area contributed by atoms with Crippen molar-refractivity contribution in [2.75, 3.05) is 35.7 Å². The molecular weight excluding hydrogens is 546 g/mol. The van der Waals surface area contributed by atoms with Crippen molar-refractivity contribution in [3.05, 3.63) is 60.3 Å². The Morgan fingerprint density at radius 1 is 0.930 bits per heavy atom. The molecule has 3 fully saturated rings. The normalized spacial score (nSPS) is 23.4. The van der Waals surface area contributed by atoms with Gasteiger partial charge in [-0.25, -0.2) is 19.4 Å². The van der Waals surface area contributed by atoms with Crippen LogP contribution in [0.15, 0.2) is 54.7 Å². The van der Waals surface area contributed by atoms with Crippen LogP contribution in [-0.4, -0.2) is 69.4 Å². The minimum absolute atomic E-state index is 0.0395. The molecule has 0 spiro atoms. The van der Waals surface area contributed by atoms with Gasteiger partial charge in [0.15, 0.2) is 11.5 Å². The van der Waals surface area contributed by atoms with Gasteiger partial charge in [0.05, 0.1) is 42.5 Å². The van der Waals surface area contributed by atoms with E-state index in [9.17, 15) is 9.90 Å². The largest absolute Gasteiger partial charge is 0.392 e. The molecule has 3 N–H and O–H groups in total. The van der Waals surface area contributed by atoms with Gasteiger partial charge in [0.2, 0.25) is 0 Å². The summed E-state index contributed by atoms with van der Waals surface area (Å²) in [5.74, 6) is 1.54. The van der Waals surface area contributed by atoms with Crippen molar-refractivity contribution < 1.29 is 19.4 Å². The van der Waals surface area contributed by atoms with Gasteiger partial charge in [-0.1, -0.05) is 12.1 Å². The zero-order chi connectivity index (χ0) is 29.3. The number of anilines is 3. The number of rotatable bonds is 7. The maximum atomic E-state index is 12.6. The molecule has 7 rings (SSSR count). The summed E-state index contributed by atoms with van der Waals surface area (Å²) in [5, 5.41) is 20.7. The third-order valence-corrected chi connectivity index (χ3v) is 8.90. The first-order chi connectivity index (χ1) is 21.1. The number of methoxy groups -OCH3 is 1. The highest BCUT2D eigenvalue weighted by Gasteiger charge is 2.36. The van der Waals surface area contributed by atoms with Gasteiger partial charge < -0.3 is 30.1 Å². The summed E-state index contributed by atoms with van der Waals surface area (Å²) < 4.78 is 13.8. The lowest BCUT2D eigenvalue weighted by atomic mass is 9.93. The van der Waals surface area contributed by atoms with E-state index in [0.29, 0.717) is 23.3 Å².